The molecule has 1 aromatic rings. The SMILES string of the molecule is COC(C#N)c1ccc(C(C)(C)C)cc1. The van der Waals surface area contributed by atoms with E-state index in [1.165, 1.54) is 5.56 Å². The van der Waals surface area contributed by atoms with Crippen LogP contribution in [-0.4, -0.2) is 7.11 Å². The van der Waals surface area contributed by atoms with E-state index in [2.05, 4.69) is 39.0 Å². The molecule has 1 atom stereocenters. The van der Waals surface area contributed by atoms with Crippen LogP contribution in [0.4, 0.5) is 0 Å². The minimum atomic E-state index is -0.459. The second-order valence-electron chi connectivity index (χ2n) is 4.62. The van der Waals surface area contributed by atoms with Crippen LogP contribution >= 0.6 is 0 Å². The van der Waals surface area contributed by atoms with Crippen LogP contribution in [0.3, 0.4) is 0 Å². The molecule has 0 aromatic heterocycles. The van der Waals surface area contributed by atoms with Crippen molar-refractivity contribution in [1.29, 1.82) is 5.26 Å². The molecule has 0 fully saturated rings. The third kappa shape index (κ3) is 2.81. The Bertz CT molecular complexity index is 354. The molecule has 0 radical (unpaired) electrons. The highest BCUT2D eigenvalue weighted by molar-refractivity contribution is 5.30. The summed E-state index contributed by atoms with van der Waals surface area (Å²) in [6.45, 7) is 6.50. The minimum absolute atomic E-state index is 0.147. The van der Waals surface area contributed by atoms with Crippen LogP contribution in [0, 0.1) is 11.3 Å². The minimum Gasteiger partial charge on any atom is -0.362 e. The molecule has 0 amide bonds. The molecule has 0 aliphatic carbocycles. The van der Waals surface area contributed by atoms with E-state index in [-0.39, 0.29) is 5.41 Å². The molecule has 0 spiro atoms. The van der Waals surface area contributed by atoms with Crippen LogP contribution in [0.5, 0.6) is 0 Å². The lowest BCUT2D eigenvalue weighted by Gasteiger charge is -2.19. The van der Waals surface area contributed by atoms with Gasteiger partial charge in [-0.05, 0) is 16.5 Å². The van der Waals surface area contributed by atoms with Gasteiger partial charge in [-0.15, -0.1) is 0 Å². The van der Waals surface area contributed by atoms with Crippen molar-refractivity contribution >= 4 is 0 Å². The number of hydrogen-bond acceptors (Lipinski definition) is 2. The van der Waals surface area contributed by atoms with E-state index in [4.69, 9.17) is 10.00 Å². The number of hydrogen-bond donors (Lipinski definition) is 0. The van der Waals surface area contributed by atoms with E-state index < -0.39 is 6.10 Å². The molecule has 80 valence electrons. The smallest absolute Gasteiger partial charge is 0.168 e. The van der Waals surface area contributed by atoms with Gasteiger partial charge in [0.15, 0.2) is 6.10 Å². The summed E-state index contributed by atoms with van der Waals surface area (Å²) < 4.78 is 5.05. The first kappa shape index (κ1) is 11.7. The quantitative estimate of drug-likeness (QED) is 0.739. The van der Waals surface area contributed by atoms with Gasteiger partial charge in [0, 0.05) is 7.11 Å². The maximum absolute atomic E-state index is 8.83. The Labute approximate surface area is 91.5 Å². The zero-order valence-electron chi connectivity index (χ0n) is 9.74. The van der Waals surface area contributed by atoms with Crippen molar-refractivity contribution in [2.24, 2.45) is 0 Å². The van der Waals surface area contributed by atoms with Gasteiger partial charge in [-0.1, -0.05) is 45.0 Å². The molecular formula is C13H17NO. The Balaban J connectivity index is 2.96. The first-order chi connectivity index (χ1) is 6.99. The van der Waals surface area contributed by atoms with Crippen LogP contribution in [0.25, 0.3) is 0 Å². The summed E-state index contributed by atoms with van der Waals surface area (Å²) in [6.07, 6.45) is -0.459. The number of ether oxygens (including phenoxy) is 1. The molecule has 0 aliphatic heterocycles. The van der Waals surface area contributed by atoms with Crippen molar-refractivity contribution < 1.29 is 4.74 Å². The third-order valence-corrected chi connectivity index (χ3v) is 2.43. The summed E-state index contributed by atoms with van der Waals surface area (Å²) in [5.74, 6) is 0. The van der Waals surface area contributed by atoms with Crippen molar-refractivity contribution in [3.63, 3.8) is 0 Å². The Hall–Kier alpha value is -1.33. The summed E-state index contributed by atoms with van der Waals surface area (Å²) in [5, 5.41) is 8.83. The maximum Gasteiger partial charge on any atom is 0.168 e. The topological polar surface area (TPSA) is 33.0 Å². The summed E-state index contributed by atoms with van der Waals surface area (Å²) in [4.78, 5) is 0. The zero-order chi connectivity index (χ0) is 11.5. The predicted molar refractivity (Wildman–Crippen MR) is 60.5 cm³/mol. The molecule has 2 heteroatoms. The Morgan fingerprint density at radius 2 is 1.73 bits per heavy atom. The van der Waals surface area contributed by atoms with Crippen molar-refractivity contribution in [2.75, 3.05) is 7.11 Å². The molecule has 1 unspecified atom stereocenters. The molecule has 0 N–H and O–H groups in total. The van der Waals surface area contributed by atoms with Gasteiger partial charge in [-0.3, -0.25) is 0 Å². The van der Waals surface area contributed by atoms with Gasteiger partial charge in [0.1, 0.15) is 0 Å². The molecule has 1 aromatic carbocycles. The summed E-state index contributed by atoms with van der Waals surface area (Å²) in [6, 6.07) is 10.1. The number of methoxy groups -OCH3 is 1. The van der Waals surface area contributed by atoms with Gasteiger partial charge in [0.25, 0.3) is 0 Å². The summed E-state index contributed by atoms with van der Waals surface area (Å²) in [5.41, 5.74) is 2.32. The van der Waals surface area contributed by atoms with Crippen LogP contribution in [-0.2, 0) is 10.2 Å². The third-order valence-electron chi connectivity index (χ3n) is 2.43. The summed E-state index contributed by atoms with van der Waals surface area (Å²) in [7, 11) is 1.55. The molecule has 0 bridgehead atoms. The van der Waals surface area contributed by atoms with E-state index >= 15 is 0 Å². The standard InChI is InChI=1S/C13H17NO/c1-13(2,3)11-7-5-10(6-8-11)12(9-14)15-4/h5-8,12H,1-4H3. The van der Waals surface area contributed by atoms with Gasteiger partial charge >= 0.3 is 0 Å². The van der Waals surface area contributed by atoms with Crippen molar-refractivity contribution in [3.05, 3.63) is 35.4 Å². The van der Waals surface area contributed by atoms with Gasteiger partial charge in [0.05, 0.1) is 6.07 Å². The molecule has 0 saturated heterocycles. The first-order valence-corrected chi connectivity index (χ1v) is 5.02. The second kappa shape index (κ2) is 4.46. The number of nitriles is 1. The van der Waals surface area contributed by atoms with Crippen LogP contribution in [0.1, 0.15) is 38.0 Å². The first-order valence-electron chi connectivity index (χ1n) is 5.02. The van der Waals surface area contributed by atoms with Gasteiger partial charge in [-0.25, -0.2) is 0 Å². The molecule has 15 heavy (non-hydrogen) atoms. The lowest BCUT2D eigenvalue weighted by molar-refractivity contribution is 0.148. The Morgan fingerprint density at radius 3 is 2.07 bits per heavy atom. The number of benzene rings is 1. The van der Waals surface area contributed by atoms with E-state index in [1.54, 1.807) is 7.11 Å². The lowest BCUT2D eigenvalue weighted by Crippen LogP contribution is -2.11. The molecule has 0 saturated carbocycles. The van der Waals surface area contributed by atoms with Crippen molar-refractivity contribution in [3.8, 4) is 6.07 Å². The number of rotatable bonds is 2. The highest BCUT2D eigenvalue weighted by Crippen LogP contribution is 2.24. The van der Waals surface area contributed by atoms with Gasteiger partial charge in [-0.2, -0.15) is 5.26 Å². The average molecular weight is 203 g/mol. The molecule has 0 aliphatic rings. The van der Waals surface area contributed by atoms with E-state index in [9.17, 15) is 0 Å². The van der Waals surface area contributed by atoms with Crippen molar-refractivity contribution in [2.45, 2.75) is 32.3 Å². The maximum atomic E-state index is 8.83. The number of nitrogens with zero attached hydrogens (tertiary/aromatic N) is 1. The monoisotopic (exact) mass is 203 g/mol. The van der Waals surface area contributed by atoms with Gasteiger partial charge in [0.2, 0.25) is 0 Å². The second-order valence-corrected chi connectivity index (χ2v) is 4.62. The molecular weight excluding hydrogens is 186 g/mol. The van der Waals surface area contributed by atoms with Crippen LogP contribution < -0.4 is 0 Å². The average Bonchev–Trinajstić information content (AvgIpc) is 2.19. The predicted octanol–water partition coefficient (Wildman–Crippen LogP) is 3.20. The van der Waals surface area contributed by atoms with Crippen molar-refractivity contribution in [1.82, 2.24) is 0 Å². The van der Waals surface area contributed by atoms with Crippen LogP contribution in [0.15, 0.2) is 24.3 Å². The van der Waals surface area contributed by atoms with Gasteiger partial charge < -0.3 is 4.74 Å². The zero-order valence-corrected chi connectivity index (χ0v) is 9.74. The van der Waals surface area contributed by atoms with E-state index in [1.807, 2.05) is 12.1 Å². The Kier molecular flexibility index (Phi) is 3.49. The fourth-order valence-electron chi connectivity index (χ4n) is 1.42. The largest absolute Gasteiger partial charge is 0.362 e. The molecule has 2 nitrogen and oxygen atoms in total. The van der Waals surface area contributed by atoms with Crippen LogP contribution in [0.2, 0.25) is 0 Å². The fraction of sp³-hybridized carbons (Fsp3) is 0.462. The van der Waals surface area contributed by atoms with E-state index in [0.717, 1.165) is 5.56 Å². The van der Waals surface area contributed by atoms with E-state index in [0.29, 0.717) is 0 Å². The molecule has 0 heterocycles. The fourth-order valence-corrected chi connectivity index (χ4v) is 1.42. The normalized spacial score (nSPS) is 13.3. The lowest BCUT2D eigenvalue weighted by atomic mass is 9.86. The molecule has 1 rings (SSSR count). The highest BCUT2D eigenvalue weighted by atomic mass is 16.5. The Morgan fingerprint density at radius 1 is 1.20 bits per heavy atom. The summed E-state index contributed by atoms with van der Waals surface area (Å²) >= 11 is 0. The highest BCUT2D eigenvalue weighted by Gasteiger charge is 2.14.